The SMILES string of the molecule is Cc1sc2ncc(C(O)Cc3ccccc3)n2c1C. The van der Waals surface area contributed by atoms with Gasteiger partial charge in [-0.2, -0.15) is 0 Å². The lowest BCUT2D eigenvalue weighted by molar-refractivity contribution is 0.172. The summed E-state index contributed by atoms with van der Waals surface area (Å²) in [5.74, 6) is 0. The second-order valence-corrected chi connectivity index (χ2v) is 5.93. The summed E-state index contributed by atoms with van der Waals surface area (Å²) in [4.78, 5) is 6.59. The molecule has 0 aliphatic heterocycles. The lowest BCUT2D eigenvalue weighted by Crippen LogP contribution is -2.05. The highest BCUT2D eigenvalue weighted by atomic mass is 32.1. The molecule has 3 rings (SSSR count). The average molecular weight is 272 g/mol. The van der Waals surface area contributed by atoms with Gasteiger partial charge in [0, 0.05) is 17.0 Å². The Hall–Kier alpha value is -1.65. The van der Waals surface area contributed by atoms with Crippen LogP contribution in [0.15, 0.2) is 36.5 Å². The van der Waals surface area contributed by atoms with Gasteiger partial charge in [0.1, 0.15) is 0 Å². The predicted octanol–water partition coefficient (Wildman–Crippen LogP) is 3.29. The number of nitrogens with zero attached hydrogens (tertiary/aromatic N) is 2. The van der Waals surface area contributed by atoms with E-state index in [-0.39, 0.29) is 0 Å². The topological polar surface area (TPSA) is 37.5 Å². The Morgan fingerprint density at radius 3 is 2.74 bits per heavy atom. The zero-order chi connectivity index (χ0) is 13.4. The minimum absolute atomic E-state index is 0.523. The van der Waals surface area contributed by atoms with Crippen LogP contribution in [0.5, 0.6) is 0 Å². The van der Waals surface area contributed by atoms with E-state index in [2.05, 4.69) is 23.2 Å². The highest BCUT2D eigenvalue weighted by Gasteiger charge is 2.17. The van der Waals surface area contributed by atoms with Crippen LogP contribution >= 0.6 is 11.3 Å². The number of hydrogen-bond donors (Lipinski definition) is 1. The van der Waals surface area contributed by atoms with E-state index in [1.54, 1.807) is 17.5 Å². The van der Waals surface area contributed by atoms with Crippen molar-refractivity contribution in [3.63, 3.8) is 0 Å². The van der Waals surface area contributed by atoms with Gasteiger partial charge < -0.3 is 5.11 Å². The number of aromatic nitrogens is 2. The molecule has 4 heteroatoms. The standard InChI is InChI=1S/C15H16N2OS/c1-10-11(2)19-15-16-9-13(17(10)15)14(18)8-12-6-4-3-5-7-12/h3-7,9,14,18H,8H2,1-2H3. The lowest BCUT2D eigenvalue weighted by atomic mass is 10.1. The molecule has 0 radical (unpaired) electrons. The molecule has 0 fully saturated rings. The minimum Gasteiger partial charge on any atom is -0.386 e. The highest BCUT2D eigenvalue weighted by Crippen LogP contribution is 2.27. The molecule has 19 heavy (non-hydrogen) atoms. The number of benzene rings is 1. The number of imidazole rings is 1. The van der Waals surface area contributed by atoms with E-state index >= 15 is 0 Å². The third-order valence-electron chi connectivity index (χ3n) is 3.46. The first-order chi connectivity index (χ1) is 9.16. The quantitative estimate of drug-likeness (QED) is 0.794. The molecule has 3 aromatic rings. The number of aryl methyl sites for hydroxylation is 2. The van der Waals surface area contributed by atoms with Gasteiger partial charge in [0.25, 0.3) is 0 Å². The third-order valence-corrected chi connectivity index (χ3v) is 4.53. The molecule has 0 amide bonds. The van der Waals surface area contributed by atoms with Crippen LogP contribution in [-0.2, 0) is 6.42 Å². The predicted molar refractivity (Wildman–Crippen MR) is 77.6 cm³/mol. The van der Waals surface area contributed by atoms with Gasteiger partial charge in [0.15, 0.2) is 4.96 Å². The summed E-state index contributed by atoms with van der Waals surface area (Å²) in [6, 6.07) is 10.0. The van der Waals surface area contributed by atoms with Gasteiger partial charge in [-0.05, 0) is 19.4 Å². The average Bonchev–Trinajstić information content (AvgIpc) is 2.93. The maximum Gasteiger partial charge on any atom is 0.194 e. The summed E-state index contributed by atoms with van der Waals surface area (Å²) >= 11 is 1.66. The van der Waals surface area contributed by atoms with E-state index in [1.807, 2.05) is 30.3 Å². The van der Waals surface area contributed by atoms with Crippen LogP contribution in [-0.4, -0.2) is 14.5 Å². The molecule has 98 valence electrons. The van der Waals surface area contributed by atoms with Crippen molar-refractivity contribution in [3.8, 4) is 0 Å². The number of hydrogen-bond acceptors (Lipinski definition) is 3. The Kier molecular flexibility index (Phi) is 3.12. The Balaban J connectivity index is 1.95. The second-order valence-electron chi connectivity index (χ2n) is 4.75. The summed E-state index contributed by atoms with van der Waals surface area (Å²) in [5, 5.41) is 10.4. The van der Waals surface area contributed by atoms with Crippen molar-refractivity contribution in [1.82, 2.24) is 9.38 Å². The fourth-order valence-electron chi connectivity index (χ4n) is 2.30. The van der Waals surface area contributed by atoms with Crippen molar-refractivity contribution in [2.75, 3.05) is 0 Å². The molecular weight excluding hydrogens is 256 g/mol. The van der Waals surface area contributed by atoms with Crippen molar-refractivity contribution >= 4 is 16.3 Å². The van der Waals surface area contributed by atoms with Crippen molar-refractivity contribution in [2.45, 2.75) is 26.4 Å². The first-order valence-corrected chi connectivity index (χ1v) is 7.14. The van der Waals surface area contributed by atoms with Crippen molar-refractivity contribution < 1.29 is 5.11 Å². The molecule has 0 bridgehead atoms. The normalized spacial score (nSPS) is 13.0. The molecule has 1 unspecified atom stereocenters. The smallest absolute Gasteiger partial charge is 0.194 e. The second kappa shape index (κ2) is 4.79. The van der Waals surface area contributed by atoms with Gasteiger partial charge in [0.05, 0.1) is 18.0 Å². The van der Waals surface area contributed by atoms with E-state index in [9.17, 15) is 5.11 Å². The van der Waals surface area contributed by atoms with Gasteiger partial charge >= 0.3 is 0 Å². The van der Waals surface area contributed by atoms with Gasteiger partial charge in [-0.3, -0.25) is 4.40 Å². The van der Waals surface area contributed by atoms with Gasteiger partial charge in [-0.15, -0.1) is 11.3 Å². The zero-order valence-corrected chi connectivity index (χ0v) is 11.8. The van der Waals surface area contributed by atoms with E-state index < -0.39 is 6.10 Å². The fraction of sp³-hybridized carbons (Fsp3) is 0.267. The van der Waals surface area contributed by atoms with E-state index in [1.165, 1.54) is 10.6 Å². The lowest BCUT2D eigenvalue weighted by Gasteiger charge is -2.10. The van der Waals surface area contributed by atoms with Crippen molar-refractivity contribution in [2.24, 2.45) is 0 Å². The van der Waals surface area contributed by atoms with Crippen molar-refractivity contribution in [3.05, 3.63) is 58.4 Å². The fourth-order valence-corrected chi connectivity index (χ4v) is 3.25. The number of fused-ring (bicyclic) bond motifs is 1. The monoisotopic (exact) mass is 272 g/mol. The third kappa shape index (κ3) is 2.17. The summed E-state index contributed by atoms with van der Waals surface area (Å²) in [6.07, 6.45) is 1.87. The number of rotatable bonds is 3. The van der Waals surface area contributed by atoms with Gasteiger partial charge in [-0.1, -0.05) is 30.3 Å². The molecule has 1 atom stereocenters. The van der Waals surface area contributed by atoms with Crippen LogP contribution in [0.25, 0.3) is 4.96 Å². The Bertz CT molecular complexity index is 700. The summed E-state index contributed by atoms with van der Waals surface area (Å²) in [7, 11) is 0. The number of aliphatic hydroxyl groups excluding tert-OH is 1. The number of aliphatic hydroxyl groups is 1. The van der Waals surface area contributed by atoms with Crippen LogP contribution in [0.2, 0.25) is 0 Å². The first-order valence-electron chi connectivity index (χ1n) is 6.32. The van der Waals surface area contributed by atoms with E-state index in [0.29, 0.717) is 6.42 Å². The first kappa shape index (κ1) is 12.4. The van der Waals surface area contributed by atoms with Crippen LogP contribution in [0, 0.1) is 13.8 Å². The Labute approximate surface area is 116 Å². The maximum absolute atomic E-state index is 10.4. The summed E-state index contributed by atoms with van der Waals surface area (Å²) in [5.41, 5.74) is 3.18. The number of thiazole rings is 1. The van der Waals surface area contributed by atoms with Gasteiger partial charge in [0.2, 0.25) is 0 Å². The molecule has 0 spiro atoms. The molecular formula is C15H16N2OS. The van der Waals surface area contributed by atoms with Gasteiger partial charge in [-0.25, -0.2) is 4.98 Å². The molecule has 1 N–H and O–H groups in total. The largest absolute Gasteiger partial charge is 0.386 e. The Morgan fingerprint density at radius 2 is 2.00 bits per heavy atom. The molecule has 1 aromatic carbocycles. The van der Waals surface area contributed by atoms with Crippen LogP contribution in [0.3, 0.4) is 0 Å². The molecule has 0 aliphatic rings. The summed E-state index contributed by atoms with van der Waals surface area (Å²) in [6.45, 7) is 4.15. The van der Waals surface area contributed by atoms with Crippen LogP contribution < -0.4 is 0 Å². The molecule has 2 heterocycles. The molecule has 3 nitrogen and oxygen atoms in total. The van der Waals surface area contributed by atoms with Crippen LogP contribution in [0.1, 0.15) is 27.9 Å². The molecule has 0 saturated heterocycles. The maximum atomic E-state index is 10.4. The van der Waals surface area contributed by atoms with Crippen molar-refractivity contribution in [1.29, 1.82) is 0 Å². The van der Waals surface area contributed by atoms with E-state index in [4.69, 9.17) is 0 Å². The molecule has 0 aliphatic carbocycles. The minimum atomic E-state index is -0.523. The Morgan fingerprint density at radius 1 is 1.26 bits per heavy atom. The van der Waals surface area contributed by atoms with E-state index in [0.717, 1.165) is 16.2 Å². The van der Waals surface area contributed by atoms with Crippen LogP contribution in [0.4, 0.5) is 0 Å². The highest BCUT2D eigenvalue weighted by molar-refractivity contribution is 7.17. The summed E-state index contributed by atoms with van der Waals surface area (Å²) < 4.78 is 2.06. The molecule has 2 aromatic heterocycles. The molecule has 0 saturated carbocycles. The zero-order valence-electron chi connectivity index (χ0n) is 11.0.